The van der Waals surface area contributed by atoms with Crippen LogP contribution in [0.5, 0.6) is 5.75 Å². The lowest BCUT2D eigenvalue weighted by molar-refractivity contribution is -0.124. The first-order valence-electron chi connectivity index (χ1n) is 8.45. The van der Waals surface area contributed by atoms with E-state index in [-0.39, 0.29) is 11.8 Å². The number of benzene rings is 2. The highest BCUT2D eigenvalue weighted by atomic mass is 32.2. The molecule has 2 amide bonds. The van der Waals surface area contributed by atoms with Gasteiger partial charge in [-0.1, -0.05) is 30.3 Å². The van der Waals surface area contributed by atoms with Crippen molar-refractivity contribution in [1.82, 2.24) is 10.2 Å². The maximum atomic E-state index is 12.7. The third kappa shape index (κ3) is 4.02. The molecule has 1 aliphatic rings. The average Bonchev–Trinajstić information content (AvgIpc) is 3.17. The Kier molecular flexibility index (Phi) is 5.83. The van der Waals surface area contributed by atoms with Gasteiger partial charge in [0.25, 0.3) is 5.91 Å². The molecule has 0 radical (unpaired) electrons. The second-order valence-electron chi connectivity index (χ2n) is 6.18. The van der Waals surface area contributed by atoms with Crippen LogP contribution in [0.25, 0.3) is 0 Å². The van der Waals surface area contributed by atoms with Gasteiger partial charge in [0.1, 0.15) is 11.8 Å². The van der Waals surface area contributed by atoms with Crippen molar-refractivity contribution in [2.75, 3.05) is 18.7 Å². The molecular weight excluding hydrogens is 348 g/mol. The van der Waals surface area contributed by atoms with Gasteiger partial charge in [0, 0.05) is 17.9 Å². The zero-order valence-corrected chi connectivity index (χ0v) is 15.7. The minimum absolute atomic E-state index is 0.104. The number of methoxy groups -OCH3 is 1. The van der Waals surface area contributed by atoms with Crippen molar-refractivity contribution in [3.63, 3.8) is 0 Å². The van der Waals surface area contributed by atoms with Crippen LogP contribution >= 0.6 is 11.8 Å². The quantitative estimate of drug-likeness (QED) is 0.879. The molecule has 1 saturated heterocycles. The summed E-state index contributed by atoms with van der Waals surface area (Å²) in [6.45, 7) is 2.38. The lowest BCUT2D eigenvalue weighted by atomic mass is 10.1. The Balaban J connectivity index is 1.64. The summed E-state index contributed by atoms with van der Waals surface area (Å²) in [5.74, 6) is 1.71. The molecule has 0 aromatic heterocycles. The zero-order chi connectivity index (χ0) is 18.5. The minimum Gasteiger partial charge on any atom is -0.496 e. The summed E-state index contributed by atoms with van der Waals surface area (Å²) < 4.78 is 5.32. The van der Waals surface area contributed by atoms with Crippen LogP contribution in [0.2, 0.25) is 0 Å². The van der Waals surface area contributed by atoms with Gasteiger partial charge >= 0.3 is 0 Å². The molecule has 2 aromatic rings. The highest BCUT2D eigenvalue weighted by Crippen LogP contribution is 2.24. The molecule has 6 heteroatoms. The number of rotatable bonds is 5. The Hall–Kier alpha value is -2.47. The Bertz CT molecular complexity index is 795. The van der Waals surface area contributed by atoms with E-state index in [4.69, 9.17) is 4.74 Å². The molecule has 5 nitrogen and oxygen atoms in total. The number of thioether (sulfide) groups is 1. The monoisotopic (exact) mass is 370 g/mol. The summed E-state index contributed by atoms with van der Waals surface area (Å²) in [5, 5.41) is 2.95. The maximum Gasteiger partial charge on any atom is 0.255 e. The van der Waals surface area contributed by atoms with Gasteiger partial charge in [0.05, 0.1) is 13.0 Å². The van der Waals surface area contributed by atoms with Crippen molar-refractivity contribution >= 4 is 23.6 Å². The highest BCUT2D eigenvalue weighted by molar-refractivity contribution is 7.99. The number of nitrogens with one attached hydrogen (secondary N) is 1. The van der Waals surface area contributed by atoms with Crippen LogP contribution in [0.1, 0.15) is 21.5 Å². The normalized spacial score (nSPS) is 16.4. The van der Waals surface area contributed by atoms with E-state index in [9.17, 15) is 9.59 Å². The van der Waals surface area contributed by atoms with Crippen molar-refractivity contribution in [3.05, 3.63) is 65.2 Å². The average molecular weight is 370 g/mol. The van der Waals surface area contributed by atoms with E-state index in [1.54, 1.807) is 35.9 Å². The fourth-order valence-corrected chi connectivity index (χ4v) is 4.04. The van der Waals surface area contributed by atoms with Gasteiger partial charge in [0.2, 0.25) is 5.91 Å². The van der Waals surface area contributed by atoms with E-state index in [0.29, 0.717) is 23.7 Å². The Labute approximate surface area is 157 Å². The number of carbonyl (C=O) groups excluding carboxylic acids is 2. The Morgan fingerprint density at radius 1 is 1.23 bits per heavy atom. The number of carbonyl (C=O) groups is 2. The van der Waals surface area contributed by atoms with Crippen molar-refractivity contribution in [1.29, 1.82) is 0 Å². The molecule has 0 aliphatic carbocycles. The lowest BCUT2D eigenvalue weighted by Crippen LogP contribution is -2.47. The van der Waals surface area contributed by atoms with Gasteiger partial charge in [0.15, 0.2) is 0 Å². The molecule has 136 valence electrons. The van der Waals surface area contributed by atoms with Crippen LogP contribution in [-0.4, -0.2) is 41.5 Å². The molecule has 1 heterocycles. The highest BCUT2D eigenvalue weighted by Gasteiger charge is 2.34. The van der Waals surface area contributed by atoms with E-state index in [1.165, 1.54) is 0 Å². The molecule has 1 atom stereocenters. The minimum atomic E-state index is -0.444. The number of hydrogen-bond acceptors (Lipinski definition) is 4. The van der Waals surface area contributed by atoms with E-state index < -0.39 is 6.04 Å². The van der Waals surface area contributed by atoms with E-state index in [2.05, 4.69) is 5.32 Å². The molecule has 3 rings (SSSR count). The first kappa shape index (κ1) is 18.3. The fraction of sp³-hybridized carbons (Fsp3) is 0.300. The molecule has 1 fully saturated rings. The van der Waals surface area contributed by atoms with Crippen molar-refractivity contribution in [3.8, 4) is 5.75 Å². The second kappa shape index (κ2) is 8.27. The van der Waals surface area contributed by atoms with Crippen LogP contribution in [0.4, 0.5) is 0 Å². The predicted octanol–water partition coefficient (Wildman–Crippen LogP) is 2.84. The number of hydrogen-bond donors (Lipinski definition) is 1. The van der Waals surface area contributed by atoms with Gasteiger partial charge < -0.3 is 15.0 Å². The summed E-state index contributed by atoms with van der Waals surface area (Å²) in [6.07, 6.45) is 0. The second-order valence-corrected chi connectivity index (χ2v) is 7.18. The summed E-state index contributed by atoms with van der Waals surface area (Å²) in [5.41, 5.74) is 2.62. The van der Waals surface area contributed by atoms with Gasteiger partial charge in [-0.2, -0.15) is 0 Å². The molecule has 0 spiro atoms. The van der Waals surface area contributed by atoms with Gasteiger partial charge in [-0.15, -0.1) is 11.8 Å². The third-order valence-corrected chi connectivity index (χ3v) is 5.42. The van der Waals surface area contributed by atoms with Crippen LogP contribution in [-0.2, 0) is 11.3 Å². The Morgan fingerprint density at radius 2 is 2.00 bits per heavy atom. The summed E-state index contributed by atoms with van der Waals surface area (Å²) in [4.78, 5) is 27.0. The topological polar surface area (TPSA) is 58.6 Å². The molecule has 0 bridgehead atoms. The summed E-state index contributed by atoms with van der Waals surface area (Å²) >= 11 is 1.60. The van der Waals surface area contributed by atoms with Crippen LogP contribution in [0, 0.1) is 6.92 Å². The zero-order valence-electron chi connectivity index (χ0n) is 14.9. The van der Waals surface area contributed by atoms with Crippen molar-refractivity contribution in [2.45, 2.75) is 19.5 Å². The molecule has 1 aliphatic heterocycles. The molecule has 0 saturated carbocycles. The number of ether oxygens (including phenoxy) is 1. The van der Waals surface area contributed by atoms with Crippen molar-refractivity contribution in [2.24, 2.45) is 0 Å². The third-order valence-electron chi connectivity index (χ3n) is 4.41. The number of aryl methyl sites for hydroxylation is 1. The SMILES string of the molecule is COc1cc(CNC(=O)[C@@H]2CSCN2C(=O)c2ccccc2)ccc1C. The first-order valence-corrected chi connectivity index (χ1v) is 9.60. The first-order chi connectivity index (χ1) is 12.6. The molecular formula is C20H22N2O3S. The van der Waals surface area contributed by atoms with Gasteiger partial charge in [-0.25, -0.2) is 0 Å². The van der Waals surface area contributed by atoms with Crippen LogP contribution in [0.15, 0.2) is 48.5 Å². The van der Waals surface area contributed by atoms with Crippen LogP contribution < -0.4 is 10.1 Å². The molecule has 26 heavy (non-hydrogen) atoms. The maximum absolute atomic E-state index is 12.7. The summed E-state index contributed by atoms with van der Waals surface area (Å²) in [7, 11) is 1.63. The van der Waals surface area contributed by atoms with E-state index in [0.717, 1.165) is 16.9 Å². The van der Waals surface area contributed by atoms with Gasteiger partial charge in [-0.05, 0) is 36.2 Å². The van der Waals surface area contributed by atoms with Crippen LogP contribution in [0.3, 0.4) is 0 Å². The lowest BCUT2D eigenvalue weighted by Gasteiger charge is -2.23. The smallest absolute Gasteiger partial charge is 0.255 e. The predicted molar refractivity (Wildman–Crippen MR) is 103 cm³/mol. The Morgan fingerprint density at radius 3 is 2.73 bits per heavy atom. The fourth-order valence-electron chi connectivity index (χ4n) is 2.89. The number of amides is 2. The molecule has 1 N–H and O–H groups in total. The number of nitrogens with zero attached hydrogens (tertiary/aromatic N) is 1. The molecule has 0 unspecified atom stereocenters. The van der Waals surface area contributed by atoms with E-state index in [1.807, 2.05) is 43.3 Å². The van der Waals surface area contributed by atoms with Crippen molar-refractivity contribution < 1.29 is 14.3 Å². The standard InChI is InChI=1S/C20H22N2O3S/c1-14-8-9-15(10-18(14)25-2)11-21-19(23)17-12-26-13-22(17)20(24)16-6-4-3-5-7-16/h3-10,17H,11-13H2,1-2H3,(H,21,23)/t17-/m0/s1. The van der Waals surface area contributed by atoms with E-state index >= 15 is 0 Å². The largest absolute Gasteiger partial charge is 0.496 e. The summed E-state index contributed by atoms with van der Waals surface area (Å²) in [6, 6.07) is 14.5. The molecule has 2 aromatic carbocycles. The van der Waals surface area contributed by atoms with Gasteiger partial charge in [-0.3, -0.25) is 9.59 Å².